The van der Waals surface area contributed by atoms with Crippen molar-refractivity contribution in [3.63, 3.8) is 0 Å². The molecule has 0 N–H and O–H groups in total. The second kappa shape index (κ2) is 13.6. The zero-order valence-electron chi connectivity index (χ0n) is 28.4. The summed E-state index contributed by atoms with van der Waals surface area (Å²) in [5.41, 5.74) is 9.18. The van der Waals surface area contributed by atoms with Gasteiger partial charge in [-0.15, -0.1) is 0 Å². The summed E-state index contributed by atoms with van der Waals surface area (Å²) < 4.78 is 0. The van der Waals surface area contributed by atoms with Gasteiger partial charge < -0.3 is 0 Å². The number of benzene rings is 8. The summed E-state index contributed by atoms with van der Waals surface area (Å²) in [6, 6.07) is 52.5. The molecule has 0 saturated carbocycles. The first-order valence-electron chi connectivity index (χ1n) is 17.4. The third-order valence-electron chi connectivity index (χ3n) is 9.53. The molecule has 236 valence electrons. The Morgan fingerprint density at radius 3 is 1.02 bits per heavy atom. The van der Waals surface area contributed by atoms with Gasteiger partial charge in [0.2, 0.25) is 0 Å². The molecular weight excluding hydrogens is 601 g/mol. The Bertz CT molecular complexity index is 2510. The normalized spacial score (nSPS) is 11.2. The summed E-state index contributed by atoms with van der Waals surface area (Å²) in [4.78, 5) is 0. The maximum atomic E-state index is 3.35. The van der Waals surface area contributed by atoms with Crippen molar-refractivity contribution in [2.45, 2.75) is 26.7 Å². The van der Waals surface area contributed by atoms with E-state index in [2.05, 4.69) is 195 Å². The number of aryl methyl sites for hydroxylation is 2. The zero-order chi connectivity index (χ0) is 33.9. The highest BCUT2D eigenvalue weighted by molar-refractivity contribution is 6.01. The van der Waals surface area contributed by atoms with Gasteiger partial charge in [-0.05, 0) is 163 Å². The van der Waals surface area contributed by atoms with E-state index in [1.807, 2.05) is 0 Å². The SMILES string of the molecule is CCc1ccc(C#Cc2ccc3cc4cc(C=Cc5ccc6cc7cc(C#Cc8ccc(CC)cc8)ccc7cc6c5)ccc4cc3c2)cc1. The summed E-state index contributed by atoms with van der Waals surface area (Å²) in [7, 11) is 0. The molecule has 0 aliphatic rings. The Balaban J connectivity index is 1.00. The number of fused-ring (bicyclic) bond motifs is 4. The minimum Gasteiger partial charge on any atom is -0.0617 e. The maximum Gasteiger partial charge on any atom is 0.0255 e. The van der Waals surface area contributed by atoms with E-state index in [1.165, 1.54) is 65.3 Å². The van der Waals surface area contributed by atoms with Crippen molar-refractivity contribution in [2.24, 2.45) is 0 Å². The van der Waals surface area contributed by atoms with E-state index < -0.39 is 0 Å². The molecule has 0 atom stereocenters. The van der Waals surface area contributed by atoms with Gasteiger partial charge in [0.15, 0.2) is 0 Å². The lowest BCUT2D eigenvalue weighted by Crippen LogP contribution is -1.83. The molecule has 8 aromatic carbocycles. The molecule has 8 rings (SSSR count). The molecule has 0 amide bonds. The molecule has 0 unspecified atom stereocenters. The number of rotatable bonds is 4. The molecule has 0 nitrogen and oxygen atoms in total. The molecule has 8 aromatic rings. The predicted octanol–water partition coefficient (Wildman–Crippen LogP) is 12.4. The van der Waals surface area contributed by atoms with Crippen LogP contribution < -0.4 is 0 Å². The van der Waals surface area contributed by atoms with Crippen LogP contribution in [0.5, 0.6) is 0 Å². The molecule has 0 heteroatoms. The topological polar surface area (TPSA) is 0 Å². The molecule has 0 aliphatic carbocycles. The van der Waals surface area contributed by atoms with E-state index in [1.54, 1.807) is 0 Å². The van der Waals surface area contributed by atoms with Gasteiger partial charge in [-0.3, -0.25) is 0 Å². The van der Waals surface area contributed by atoms with Crippen molar-refractivity contribution in [2.75, 3.05) is 0 Å². The van der Waals surface area contributed by atoms with Crippen LogP contribution in [0.4, 0.5) is 0 Å². The van der Waals surface area contributed by atoms with Crippen LogP contribution in [0, 0.1) is 23.7 Å². The lowest BCUT2D eigenvalue weighted by molar-refractivity contribution is 1.14. The van der Waals surface area contributed by atoms with E-state index in [-0.39, 0.29) is 0 Å². The average molecular weight is 637 g/mol. The highest BCUT2D eigenvalue weighted by atomic mass is 14.1. The van der Waals surface area contributed by atoms with Crippen molar-refractivity contribution in [3.8, 4) is 23.7 Å². The van der Waals surface area contributed by atoms with Crippen LogP contribution in [0.1, 0.15) is 58.4 Å². The molecule has 0 saturated heterocycles. The summed E-state index contributed by atoms with van der Waals surface area (Å²) in [6.45, 7) is 4.34. The molecule has 0 aromatic heterocycles. The Labute approximate surface area is 294 Å². The first-order chi connectivity index (χ1) is 24.6. The summed E-state index contributed by atoms with van der Waals surface area (Å²) >= 11 is 0. The van der Waals surface area contributed by atoms with Crippen molar-refractivity contribution in [1.82, 2.24) is 0 Å². The van der Waals surface area contributed by atoms with Crippen LogP contribution in [0.25, 0.3) is 55.2 Å². The second-order valence-electron chi connectivity index (χ2n) is 13.0. The molecule has 50 heavy (non-hydrogen) atoms. The van der Waals surface area contributed by atoms with Gasteiger partial charge >= 0.3 is 0 Å². The van der Waals surface area contributed by atoms with Gasteiger partial charge in [0.05, 0.1) is 0 Å². The van der Waals surface area contributed by atoms with Gasteiger partial charge in [-0.1, -0.05) is 110 Å². The number of hydrogen-bond donors (Lipinski definition) is 0. The van der Waals surface area contributed by atoms with Gasteiger partial charge in [0, 0.05) is 22.3 Å². The molecule has 0 radical (unpaired) electrons. The van der Waals surface area contributed by atoms with Gasteiger partial charge in [-0.2, -0.15) is 0 Å². The highest BCUT2D eigenvalue weighted by Gasteiger charge is 2.03. The monoisotopic (exact) mass is 636 g/mol. The largest absolute Gasteiger partial charge is 0.0617 e. The zero-order valence-corrected chi connectivity index (χ0v) is 28.4. The van der Waals surface area contributed by atoms with Gasteiger partial charge in [0.25, 0.3) is 0 Å². The molecule has 0 fully saturated rings. The van der Waals surface area contributed by atoms with Crippen LogP contribution in [0.2, 0.25) is 0 Å². The standard InChI is InChI=1S/C50H36/c1-3-35-5-9-37(10-6-35)13-15-39-19-23-43-33-49-29-41(21-25-45(49)31-47(43)27-39)17-18-42-22-26-46-32-48-28-40(20-24-44(48)34-50(46)30-42)16-14-38-11-7-36(4-2)8-12-38/h5-12,17-34H,3-4H2,1-2H3. The average Bonchev–Trinajstić information content (AvgIpc) is 3.17. The lowest BCUT2D eigenvalue weighted by Gasteiger charge is -2.06. The minimum atomic E-state index is 1.03. The maximum absolute atomic E-state index is 3.35. The highest BCUT2D eigenvalue weighted by Crippen LogP contribution is 2.28. The fourth-order valence-corrected chi connectivity index (χ4v) is 6.52. The molecule has 0 spiro atoms. The Hall–Kier alpha value is -6.34. The van der Waals surface area contributed by atoms with Crippen molar-refractivity contribution >= 4 is 55.2 Å². The van der Waals surface area contributed by atoms with Crippen molar-refractivity contribution in [3.05, 3.63) is 190 Å². The Morgan fingerprint density at radius 1 is 0.320 bits per heavy atom. The van der Waals surface area contributed by atoms with Crippen LogP contribution in [-0.4, -0.2) is 0 Å². The van der Waals surface area contributed by atoms with Crippen LogP contribution >= 0.6 is 0 Å². The fourth-order valence-electron chi connectivity index (χ4n) is 6.52. The van der Waals surface area contributed by atoms with Crippen LogP contribution in [0.3, 0.4) is 0 Å². The van der Waals surface area contributed by atoms with Crippen molar-refractivity contribution < 1.29 is 0 Å². The lowest BCUT2D eigenvalue weighted by atomic mass is 9.99. The Kier molecular flexibility index (Phi) is 8.45. The van der Waals surface area contributed by atoms with Gasteiger partial charge in [-0.25, -0.2) is 0 Å². The fraction of sp³-hybridized carbons (Fsp3) is 0.0800. The van der Waals surface area contributed by atoms with E-state index >= 15 is 0 Å². The molecule has 0 aliphatic heterocycles. The molecule has 0 bridgehead atoms. The third kappa shape index (κ3) is 6.80. The minimum absolute atomic E-state index is 1.03. The quantitative estimate of drug-likeness (QED) is 0.102. The molecular formula is C50H36. The number of hydrogen-bond acceptors (Lipinski definition) is 0. The predicted molar refractivity (Wildman–Crippen MR) is 215 cm³/mol. The van der Waals surface area contributed by atoms with E-state index in [9.17, 15) is 0 Å². The first-order valence-corrected chi connectivity index (χ1v) is 17.4. The summed E-state index contributed by atoms with van der Waals surface area (Å²) in [6.07, 6.45) is 6.50. The van der Waals surface area contributed by atoms with E-state index in [0.29, 0.717) is 0 Å². The van der Waals surface area contributed by atoms with Crippen molar-refractivity contribution in [1.29, 1.82) is 0 Å². The van der Waals surface area contributed by atoms with Crippen LogP contribution in [0.15, 0.2) is 146 Å². The second-order valence-corrected chi connectivity index (χ2v) is 13.0. The van der Waals surface area contributed by atoms with Crippen LogP contribution in [-0.2, 0) is 12.8 Å². The summed E-state index contributed by atoms with van der Waals surface area (Å²) in [5.74, 6) is 13.3. The van der Waals surface area contributed by atoms with Gasteiger partial charge in [0.1, 0.15) is 0 Å². The Morgan fingerprint density at radius 2 is 0.640 bits per heavy atom. The van der Waals surface area contributed by atoms with E-state index in [4.69, 9.17) is 0 Å². The summed E-state index contributed by atoms with van der Waals surface area (Å²) in [5, 5.41) is 9.78. The van der Waals surface area contributed by atoms with E-state index in [0.717, 1.165) is 35.1 Å². The first kappa shape index (κ1) is 31.0. The third-order valence-corrected chi connectivity index (χ3v) is 9.53. The molecule has 0 heterocycles. The smallest absolute Gasteiger partial charge is 0.0255 e.